The predicted octanol–water partition coefficient (Wildman–Crippen LogP) is 1.46. The van der Waals surface area contributed by atoms with Crippen molar-refractivity contribution in [2.45, 2.75) is 12.8 Å². The summed E-state index contributed by atoms with van der Waals surface area (Å²) in [6, 6.07) is 7.87. The maximum Gasteiger partial charge on any atom is 0.226 e. The maximum absolute atomic E-state index is 12.4. The lowest BCUT2D eigenvalue weighted by atomic mass is 10.1. The Hall–Kier alpha value is -1.11. The van der Waals surface area contributed by atoms with Gasteiger partial charge in [0.2, 0.25) is 5.91 Å². The van der Waals surface area contributed by atoms with E-state index >= 15 is 0 Å². The highest BCUT2D eigenvalue weighted by atomic mass is 35.5. The molecule has 3 rings (SSSR count). The van der Waals surface area contributed by atoms with Crippen LogP contribution in [0.3, 0.4) is 0 Å². The largest absolute Gasteiger partial charge is 0.340 e. The first-order chi connectivity index (χ1) is 11.4. The van der Waals surface area contributed by atoms with Crippen LogP contribution in [0, 0.1) is 5.92 Å². The van der Waals surface area contributed by atoms with Crippen molar-refractivity contribution in [2.75, 3.05) is 44.2 Å². The fourth-order valence-electron chi connectivity index (χ4n) is 3.42. The van der Waals surface area contributed by atoms with Gasteiger partial charge in [0.15, 0.2) is 9.84 Å². The molecule has 1 atom stereocenters. The number of benzene rings is 1. The zero-order chi connectivity index (χ0) is 17.2. The van der Waals surface area contributed by atoms with Crippen LogP contribution in [0.25, 0.3) is 0 Å². The third-order valence-corrected chi connectivity index (χ3v) is 7.06. The second kappa shape index (κ2) is 7.42. The van der Waals surface area contributed by atoms with E-state index in [1.807, 2.05) is 29.2 Å². The number of sulfone groups is 1. The molecule has 0 aromatic heterocycles. The second-order valence-corrected chi connectivity index (χ2v) is 9.24. The molecule has 0 aliphatic carbocycles. The standard InChI is InChI=1S/C17H23ClN2O3S/c18-16-4-2-1-3-14(16)5-7-19-8-10-20(11-9-19)17(21)15-6-12-24(22,23)13-15/h1-4,15H,5-13H2. The van der Waals surface area contributed by atoms with E-state index in [1.165, 1.54) is 0 Å². The minimum Gasteiger partial charge on any atom is -0.340 e. The molecule has 2 heterocycles. The van der Waals surface area contributed by atoms with E-state index < -0.39 is 9.84 Å². The summed E-state index contributed by atoms with van der Waals surface area (Å²) in [6.45, 7) is 3.94. The summed E-state index contributed by atoms with van der Waals surface area (Å²) in [7, 11) is -3.00. The Labute approximate surface area is 148 Å². The van der Waals surface area contributed by atoms with Gasteiger partial charge in [-0.25, -0.2) is 8.42 Å². The van der Waals surface area contributed by atoms with Crippen LogP contribution in [-0.2, 0) is 21.1 Å². The molecule has 2 aliphatic heterocycles. The molecule has 2 fully saturated rings. The number of piperazine rings is 1. The maximum atomic E-state index is 12.4. The Balaban J connectivity index is 1.46. The fraction of sp³-hybridized carbons (Fsp3) is 0.588. The van der Waals surface area contributed by atoms with Crippen molar-refractivity contribution in [3.8, 4) is 0 Å². The monoisotopic (exact) mass is 370 g/mol. The van der Waals surface area contributed by atoms with Gasteiger partial charge < -0.3 is 4.90 Å². The molecule has 24 heavy (non-hydrogen) atoms. The average molecular weight is 371 g/mol. The molecule has 1 unspecified atom stereocenters. The summed E-state index contributed by atoms with van der Waals surface area (Å²) in [5.41, 5.74) is 1.15. The quantitative estimate of drug-likeness (QED) is 0.805. The first kappa shape index (κ1) is 17.7. The molecule has 1 aromatic rings. The lowest BCUT2D eigenvalue weighted by Gasteiger charge is -2.35. The van der Waals surface area contributed by atoms with E-state index in [0.717, 1.165) is 36.6 Å². The van der Waals surface area contributed by atoms with Gasteiger partial charge in [0, 0.05) is 37.7 Å². The third-order valence-electron chi connectivity index (χ3n) is 4.92. The Morgan fingerprint density at radius 1 is 1.17 bits per heavy atom. The topological polar surface area (TPSA) is 57.7 Å². The molecule has 0 spiro atoms. The molecule has 1 aromatic carbocycles. The van der Waals surface area contributed by atoms with Crippen LogP contribution < -0.4 is 0 Å². The molecule has 0 saturated carbocycles. The molecule has 5 nitrogen and oxygen atoms in total. The highest BCUT2D eigenvalue weighted by Gasteiger charge is 2.36. The van der Waals surface area contributed by atoms with Crippen LogP contribution in [0.1, 0.15) is 12.0 Å². The Morgan fingerprint density at radius 2 is 1.88 bits per heavy atom. The van der Waals surface area contributed by atoms with Gasteiger partial charge in [-0.1, -0.05) is 29.8 Å². The molecule has 0 bridgehead atoms. The summed E-state index contributed by atoms with van der Waals surface area (Å²) in [6.07, 6.45) is 1.38. The lowest BCUT2D eigenvalue weighted by molar-refractivity contribution is -0.136. The third kappa shape index (κ3) is 4.29. The SMILES string of the molecule is O=C(C1CCS(=O)(=O)C1)N1CCN(CCc2ccccc2Cl)CC1. The van der Waals surface area contributed by atoms with Crippen molar-refractivity contribution in [1.29, 1.82) is 0 Å². The van der Waals surface area contributed by atoms with Crippen molar-refractivity contribution in [1.82, 2.24) is 9.80 Å². The van der Waals surface area contributed by atoms with Crippen LogP contribution in [-0.4, -0.2) is 68.4 Å². The van der Waals surface area contributed by atoms with Gasteiger partial charge in [-0.15, -0.1) is 0 Å². The van der Waals surface area contributed by atoms with E-state index in [9.17, 15) is 13.2 Å². The zero-order valence-corrected chi connectivity index (χ0v) is 15.2. The van der Waals surface area contributed by atoms with Gasteiger partial charge in [0.05, 0.1) is 17.4 Å². The van der Waals surface area contributed by atoms with Gasteiger partial charge in [0.25, 0.3) is 0 Å². The van der Waals surface area contributed by atoms with Crippen LogP contribution in [0.15, 0.2) is 24.3 Å². The number of amides is 1. The molecule has 132 valence electrons. The Bertz CT molecular complexity index is 700. The molecule has 2 saturated heterocycles. The average Bonchev–Trinajstić information content (AvgIpc) is 2.94. The van der Waals surface area contributed by atoms with Gasteiger partial charge in [-0.2, -0.15) is 0 Å². The Morgan fingerprint density at radius 3 is 2.50 bits per heavy atom. The van der Waals surface area contributed by atoms with Crippen molar-refractivity contribution in [3.63, 3.8) is 0 Å². The van der Waals surface area contributed by atoms with E-state index in [4.69, 9.17) is 11.6 Å². The summed E-state index contributed by atoms with van der Waals surface area (Å²) in [5, 5.41) is 0.800. The number of rotatable bonds is 4. The van der Waals surface area contributed by atoms with Crippen molar-refractivity contribution in [3.05, 3.63) is 34.9 Å². The fourth-order valence-corrected chi connectivity index (χ4v) is 5.38. The minimum atomic E-state index is -3.00. The minimum absolute atomic E-state index is 0.0156. The molecule has 7 heteroatoms. The van der Waals surface area contributed by atoms with Crippen LogP contribution in [0.2, 0.25) is 5.02 Å². The summed E-state index contributed by atoms with van der Waals surface area (Å²) < 4.78 is 23.1. The first-order valence-electron chi connectivity index (χ1n) is 8.39. The van der Waals surface area contributed by atoms with Crippen molar-refractivity contribution >= 4 is 27.3 Å². The predicted molar refractivity (Wildman–Crippen MR) is 94.9 cm³/mol. The molecular formula is C17H23ClN2O3S. The highest BCUT2D eigenvalue weighted by molar-refractivity contribution is 7.91. The van der Waals surface area contributed by atoms with Crippen LogP contribution in [0.4, 0.5) is 0 Å². The molecular weight excluding hydrogens is 348 g/mol. The van der Waals surface area contributed by atoms with Gasteiger partial charge in [-0.05, 0) is 24.5 Å². The zero-order valence-electron chi connectivity index (χ0n) is 13.7. The number of carbonyl (C=O) groups is 1. The number of halogens is 1. The van der Waals surface area contributed by atoms with E-state index in [2.05, 4.69) is 4.90 Å². The van der Waals surface area contributed by atoms with Crippen LogP contribution in [0.5, 0.6) is 0 Å². The first-order valence-corrected chi connectivity index (χ1v) is 10.6. The number of nitrogens with zero attached hydrogens (tertiary/aromatic N) is 2. The molecule has 0 radical (unpaired) electrons. The van der Waals surface area contributed by atoms with E-state index in [0.29, 0.717) is 19.5 Å². The lowest BCUT2D eigenvalue weighted by Crippen LogP contribution is -2.50. The summed E-state index contributed by atoms with van der Waals surface area (Å²) in [5.74, 6) is -0.133. The van der Waals surface area contributed by atoms with E-state index in [1.54, 1.807) is 0 Å². The van der Waals surface area contributed by atoms with Crippen LogP contribution >= 0.6 is 11.6 Å². The number of hydrogen-bond donors (Lipinski definition) is 0. The van der Waals surface area contributed by atoms with Crippen molar-refractivity contribution < 1.29 is 13.2 Å². The number of carbonyl (C=O) groups excluding carboxylic acids is 1. The van der Waals surface area contributed by atoms with Gasteiger partial charge >= 0.3 is 0 Å². The van der Waals surface area contributed by atoms with Crippen molar-refractivity contribution in [2.24, 2.45) is 5.92 Å². The van der Waals surface area contributed by atoms with Gasteiger partial charge in [0.1, 0.15) is 0 Å². The van der Waals surface area contributed by atoms with Gasteiger partial charge in [-0.3, -0.25) is 9.69 Å². The normalized spacial score (nSPS) is 24.2. The highest BCUT2D eigenvalue weighted by Crippen LogP contribution is 2.22. The van der Waals surface area contributed by atoms with E-state index in [-0.39, 0.29) is 23.3 Å². The molecule has 2 aliphatic rings. The number of hydrogen-bond acceptors (Lipinski definition) is 4. The second-order valence-electron chi connectivity index (χ2n) is 6.61. The Kier molecular flexibility index (Phi) is 5.47. The molecule has 0 N–H and O–H groups in total. The summed E-state index contributed by atoms with van der Waals surface area (Å²) >= 11 is 6.18. The smallest absolute Gasteiger partial charge is 0.226 e. The molecule has 1 amide bonds. The summed E-state index contributed by atoms with van der Waals surface area (Å²) in [4.78, 5) is 16.6.